The molecule has 8 nitrogen and oxygen atoms in total. The fraction of sp³-hybridized carbons (Fsp3) is 0.472. The Kier molecular flexibility index (Phi) is 9.59. The molecule has 2 bridgehead atoms. The van der Waals surface area contributed by atoms with E-state index >= 15 is 0 Å². The standard InChI is InChI=1S/C36H44ClN3O5/c1-6-20-38(26-12-10-9-11-13-26)32(42)29-30-33(43)40(28(23-41)22-24(4)5)31(36(30)19-18-35(29,8-3)45-36)34(44)39(21-7-2)27-16-14-25(37)15-17-27/h6-7,9-17,24,28-31,41H,1-2,8,18-23H2,3-5H3/t28-,29-,30+,31?,35+,36?/m1/s1. The molecule has 0 aromatic heterocycles. The van der Waals surface area contributed by atoms with Crippen molar-refractivity contribution in [2.75, 3.05) is 29.5 Å². The van der Waals surface area contributed by atoms with Gasteiger partial charge in [0.25, 0.3) is 5.91 Å². The summed E-state index contributed by atoms with van der Waals surface area (Å²) in [7, 11) is 0. The number of hydrogen-bond acceptors (Lipinski definition) is 5. The average Bonchev–Trinajstić information content (AvgIpc) is 3.65. The summed E-state index contributed by atoms with van der Waals surface area (Å²) < 4.78 is 7.02. The van der Waals surface area contributed by atoms with E-state index in [0.717, 1.165) is 0 Å². The molecule has 2 aromatic rings. The fourth-order valence-electron chi connectivity index (χ4n) is 7.97. The Bertz CT molecular complexity index is 1430. The van der Waals surface area contributed by atoms with Crippen molar-refractivity contribution < 1.29 is 24.2 Å². The van der Waals surface area contributed by atoms with E-state index in [2.05, 4.69) is 13.2 Å². The van der Waals surface area contributed by atoms with Gasteiger partial charge in [0.05, 0.1) is 30.1 Å². The third kappa shape index (κ3) is 5.51. The van der Waals surface area contributed by atoms with Gasteiger partial charge in [-0.15, -0.1) is 13.2 Å². The number of aliphatic hydroxyl groups excluding tert-OH is 1. The molecule has 3 aliphatic rings. The second kappa shape index (κ2) is 13.1. The summed E-state index contributed by atoms with van der Waals surface area (Å²) >= 11 is 6.18. The molecular weight excluding hydrogens is 590 g/mol. The third-order valence-corrected chi connectivity index (χ3v) is 10.1. The predicted octanol–water partition coefficient (Wildman–Crippen LogP) is 5.64. The molecule has 3 saturated heterocycles. The normalized spacial score (nSPS) is 27.4. The van der Waals surface area contributed by atoms with E-state index in [4.69, 9.17) is 16.3 Å². The highest BCUT2D eigenvalue weighted by Crippen LogP contribution is 2.65. The Morgan fingerprint density at radius 1 is 1.02 bits per heavy atom. The van der Waals surface area contributed by atoms with Crippen LogP contribution >= 0.6 is 11.6 Å². The summed E-state index contributed by atoms with van der Waals surface area (Å²) in [6.07, 6.45) is 5.29. The van der Waals surface area contributed by atoms with Gasteiger partial charge in [0.2, 0.25) is 11.8 Å². The molecule has 3 heterocycles. The van der Waals surface area contributed by atoms with Crippen LogP contribution in [0.3, 0.4) is 0 Å². The van der Waals surface area contributed by atoms with E-state index in [1.807, 2.05) is 51.1 Å². The number of carbonyl (C=O) groups is 3. The Balaban J connectivity index is 1.66. The van der Waals surface area contributed by atoms with Gasteiger partial charge in [-0.2, -0.15) is 0 Å². The Hall–Kier alpha value is -3.46. The molecule has 1 spiro atoms. The van der Waals surface area contributed by atoms with Crippen LogP contribution in [0.4, 0.5) is 11.4 Å². The third-order valence-electron chi connectivity index (χ3n) is 9.83. The fourth-order valence-corrected chi connectivity index (χ4v) is 8.10. The first kappa shape index (κ1) is 32.9. The van der Waals surface area contributed by atoms with Gasteiger partial charge in [0.1, 0.15) is 11.6 Å². The summed E-state index contributed by atoms with van der Waals surface area (Å²) in [5.41, 5.74) is -0.843. The van der Waals surface area contributed by atoms with Crippen LogP contribution in [-0.2, 0) is 19.1 Å². The van der Waals surface area contributed by atoms with Crippen molar-refractivity contribution in [3.8, 4) is 0 Å². The van der Waals surface area contributed by atoms with Crippen LogP contribution < -0.4 is 9.80 Å². The van der Waals surface area contributed by atoms with Crippen molar-refractivity contribution in [1.29, 1.82) is 0 Å². The Labute approximate surface area is 271 Å². The molecule has 0 aliphatic carbocycles. The molecule has 3 fully saturated rings. The van der Waals surface area contributed by atoms with E-state index in [0.29, 0.717) is 42.1 Å². The summed E-state index contributed by atoms with van der Waals surface area (Å²) in [4.78, 5) is 49.3. The van der Waals surface area contributed by atoms with Gasteiger partial charge in [-0.1, -0.05) is 62.7 Å². The lowest BCUT2D eigenvalue weighted by molar-refractivity contribution is -0.149. The second-order valence-electron chi connectivity index (χ2n) is 12.8. The zero-order chi connectivity index (χ0) is 32.5. The number of anilines is 2. The average molecular weight is 634 g/mol. The van der Waals surface area contributed by atoms with E-state index in [9.17, 15) is 19.5 Å². The van der Waals surface area contributed by atoms with Crippen molar-refractivity contribution in [3.63, 3.8) is 0 Å². The molecule has 3 amide bonds. The van der Waals surface area contributed by atoms with Crippen LogP contribution in [0.1, 0.15) is 46.5 Å². The van der Waals surface area contributed by atoms with Crippen molar-refractivity contribution >= 4 is 40.7 Å². The van der Waals surface area contributed by atoms with Crippen molar-refractivity contribution in [3.05, 3.63) is 84.9 Å². The Morgan fingerprint density at radius 3 is 2.18 bits per heavy atom. The number of rotatable bonds is 13. The molecule has 0 saturated carbocycles. The lowest BCUT2D eigenvalue weighted by Crippen LogP contribution is -2.59. The maximum Gasteiger partial charge on any atom is 0.253 e. The van der Waals surface area contributed by atoms with E-state index in [1.54, 1.807) is 51.1 Å². The molecule has 0 radical (unpaired) electrons. The first-order valence-corrected chi connectivity index (χ1v) is 16.2. The van der Waals surface area contributed by atoms with E-state index in [1.165, 1.54) is 0 Å². The van der Waals surface area contributed by atoms with Gasteiger partial charge < -0.3 is 24.5 Å². The van der Waals surface area contributed by atoms with Gasteiger partial charge in [0.15, 0.2) is 0 Å². The van der Waals surface area contributed by atoms with Gasteiger partial charge in [-0.25, -0.2) is 0 Å². The second-order valence-corrected chi connectivity index (χ2v) is 13.3. The van der Waals surface area contributed by atoms with E-state index in [-0.39, 0.29) is 43.3 Å². The summed E-state index contributed by atoms with van der Waals surface area (Å²) in [6.45, 7) is 13.9. The summed E-state index contributed by atoms with van der Waals surface area (Å²) in [5, 5.41) is 11.2. The quantitative estimate of drug-likeness (QED) is 0.288. The molecule has 45 heavy (non-hydrogen) atoms. The van der Waals surface area contributed by atoms with E-state index < -0.39 is 35.1 Å². The molecule has 9 heteroatoms. The van der Waals surface area contributed by atoms with Crippen LogP contribution in [0.5, 0.6) is 0 Å². The van der Waals surface area contributed by atoms with Crippen LogP contribution in [0.15, 0.2) is 79.9 Å². The number of para-hydroxylation sites is 1. The van der Waals surface area contributed by atoms with Crippen molar-refractivity contribution in [2.45, 2.75) is 69.7 Å². The molecule has 3 aliphatic heterocycles. The monoisotopic (exact) mass is 633 g/mol. The van der Waals surface area contributed by atoms with Gasteiger partial charge in [-0.3, -0.25) is 14.4 Å². The number of nitrogens with zero attached hydrogens (tertiary/aromatic N) is 3. The lowest BCUT2D eigenvalue weighted by Gasteiger charge is -2.40. The number of likely N-dealkylation sites (tertiary alicyclic amines) is 1. The highest BCUT2D eigenvalue weighted by molar-refractivity contribution is 6.30. The largest absolute Gasteiger partial charge is 0.394 e. The van der Waals surface area contributed by atoms with Crippen LogP contribution in [0, 0.1) is 17.8 Å². The number of aliphatic hydroxyl groups is 1. The molecule has 5 rings (SSSR count). The number of benzene rings is 2. The number of hydrogen-bond donors (Lipinski definition) is 1. The minimum absolute atomic E-state index is 0.141. The van der Waals surface area contributed by atoms with Crippen LogP contribution in [0.25, 0.3) is 0 Å². The van der Waals surface area contributed by atoms with Gasteiger partial charge in [-0.05, 0) is 68.0 Å². The molecule has 1 N–H and O–H groups in total. The molecule has 240 valence electrons. The predicted molar refractivity (Wildman–Crippen MR) is 177 cm³/mol. The first-order chi connectivity index (χ1) is 21.6. The number of amides is 3. The zero-order valence-corrected chi connectivity index (χ0v) is 27.2. The smallest absolute Gasteiger partial charge is 0.253 e. The minimum atomic E-state index is -1.24. The SMILES string of the molecule is C=CCN(C(=O)C1N([C@@H](CO)CC(C)C)C(=O)[C@@H]2[C@H](C(=O)N(CC=C)c3ccccc3)[C@]3(CC)CCC12O3)c1ccc(Cl)cc1. The summed E-state index contributed by atoms with van der Waals surface area (Å²) in [5.74, 6) is -2.43. The van der Waals surface area contributed by atoms with Gasteiger partial charge in [0, 0.05) is 29.5 Å². The Morgan fingerprint density at radius 2 is 1.62 bits per heavy atom. The molecular formula is C36H44ClN3O5. The zero-order valence-electron chi connectivity index (χ0n) is 26.4. The maximum atomic E-state index is 14.9. The number of carbonyl (C=O) groups excluding carboxylic acids is 3. The highest BCUT2D eigenvalue weighted by Gasteiger charge is 2.79. The highest BCUT2D eigenvalue weighted by atomic mass is 35.5. The summed E-state index contributed by atoms with van der Waals surface area (Å²) in [6, 6.07) is 14.6. The minimum Gasteiger partial charge on any atom is -0.394 e. The molecule has 2 unspecified atom stereocenters. The molecule has 2 aromatic carbocycles. The number of halogens is 1. The van der Waals surface area contributed by atoms with Crippen LogP contribution in [0.2, 0.25) is 5.02 Å². The van der Waals surface area contributed by atoms with Crippen molar-refractivity contribution in [1.82, 2.24) is 4.90 Å². The molecule has 6 atom stereocenters. The lowest BCUT2D eigenvalue weighted by atomic mass is 9.64. The topological polar surface area (TPSA) is 90.4 Å². The van der Waals surface area contributed by atoms with Crippen LogP contribution in [-0.4, -0.2) is 70.7 Å². The number of ether oxygens (including phenoxy) is 1. The number of fused-ring (bicyclic) bond motifs is 1. The van der Waals surface area contributed by atoms with Crippen molar-refractivity contribution in [2.24, 2.45) is 17.8 Å². The first-order valence-electron chi connectivity index (χ1n) is 15.9. The van der Waals surface area contributed by atoms with Gasteiger partial charge >= 0.3 is 0 Å². The maximum absolute atomic E-state index is 14.9.